The summed E-state index contributed by atoms with van der Waals surface area (Å²) in [5.41, 5.74) is 6.87. The fourth-order valence-corrected chi connectivity index (χ4v) is 4.59. The minimum atomic E-state index is -0.982. The van der Waals surface area contributed by atoms with Gasteiger partial charge in [0, 0.05) is 60.9 Å². The molecule has 7 nitrogen and oxygen atoms in total. The van der Waals surface area contributed by atoms with Crippen molar-refractivity contribution in [3.8, 4) is 5.69 Å². The molecule has 0 bridgehead atoms. The number of aliphatic carboxylic acids is 1. The number of hydrogen-bond donors (Lipinski definition) is 2. The zero-order valence-corrected chi connectivity index (χ0v) is 20.2. The molecule has 2 aromatic carbocycles. The maximum absolute atomic E-state index is 11.6. The lowest BCUT2D eigenvalue weighted by molar-refractivity contribution is -0.132. The van der Waals surface area contributed by atoms with E-state index in [-0.39, 0.29) is 5.57 Å². The Morgan fingerprint density at radius 2 is 2.06 bits per heavy atom. The molecule has 1 atom stereocenters. The summed E-state index contributed by atoms with van der Waals surface area (Å²) < 4.78 is 1.99. The van der Waals surface area contributed by atoms with Gasteiger partial charge in [0.25, 0.3) is 0 Å². The third-order valence-corrected chi connectivity index (χ3v) is 6.59. The number of carbonyl (C=O) groups is 1. The van der Waals surface area contributed by atoms with Crippen LogP contribution in [-0.2, 0) is 11.2 Å². The first-order valence-corrected chi connectivity index (χ1v) is 11.7. The lowest BCUT2D eigenvalue weighted by Crippen LogP contribution is -2.25. The smallest absolute Gasteiger partial charge is 0.337 e. The van der Waals surface area contributed by atoms with Gasteiger partial charge >= 0.3 is 5.97 Å². The number of carboxylic acids is 1. The number of aryl methyl sites for hydroxylation is 1. The number of carboxylic acid groups (broad SMARTS) is 1. The Labute approximate surface area is 206 Å². The van der Waals surface area contributed by atoms with Crippen molar-refractivity contribution >= 4 is 24.1 Å². The van der Waals surface area contributed by atoms with Gasteiger partial charge in [-0.05, 0) is 86.5 Å². The van der Waals surface area contributed by atoms with Crippen molar-refractivity contribution in [2.45, 2.75) is 32.1 Å². The summed E-state index contributed by atoms with van der Waals surface area (Å²) in [7, 11) is 2.09. The molecular weight excluding hydrogens is 438 g/mol. The van der Waals surface area contributed by atoms with Crippen LogP contribution in [0.25, 0.3) is 5.69 Å². The van der Waals surface area contributed by atoms with Gasteiger partial charge in [-0.1, -0.05) is 6.07 Å². The van der Waals surface area contributed by atoms with E-state index in [1.807, 2.05) is 10.8 Å². The second-order valence-electron chi connectivity index (χ2n) is 8.74. The van der Waals surface area contributed by atoms with E-state index < -0.39 is 5.97 Å². The highest BCUT2D eigenvalue weighted by atomic mass is 16.4. The van der Waals surface area contributed by atoms with E-state index >= 15 is 0 Å². The molecule has 0 unspecified atom stereocenters. The Kier molecular flexibility index (Phi) is 7.45. The van der Waals surface area contributed by atoms with E-state index in [2.05, 4.69) is 76.4 Å². The molecule has 180 valence electrons. The molecule has 4 rings (SSSR count). The number of nitrogens with zero attached hydrogens (tertiary/aromatic N) is 4. The van der Waals surface area contributed by atoms with Crippen LogP contribution >= 0.6 is 0 Å². The molecule has 3 aromatic rings. The average molecular weight is 470 g/mol. The fraction of sp³-hybridized carbons (Fsp3) is 0.250. The first-order valence-electron chi connectivity index (χ1n) is 11.7. The van der Waals surface area contributed by atoms with E-state index in [4.69, 9.17) is 0 Å². The van der Waals surface area contributed by atoms with Gasteiger partial charge in [-0.15, -0.1) is 0 Å². The number of aliphatic imine (C=N–C) groups is 1. The normalized spacial score (nSPS) is 15.9. The van der Waals surface area contributed by atoms with Gasteiger partial charge in [0.1, 0.15) is 0 Å². The fourth-order valence-electron chi connectivity index (χ4n) is 4.59. The highest BCUT2D eigenvalue weighted by molar-refractivity contribution is 5.90. The van der Waals surface area contributed by atoms with Gasteiger partial charge in [-0.25, -0.2) is 9.78 Å². The number of benzene rings is 2. The topological polar surface area (TPSA) is 82.7 Å². The maximum Gasteiger partial charge on any atom is 0.337 e. The molecule has 0 fully saturated rings. The zero-order chi connectivity index (χ0) is 24.8. The third-order valence-electron chi connectivity index (χ3n) is 6.59. The number of fused-ring (bicyclic) bond motifs is 1. The molecule has 1 aliphatic rings. The second kappa shape index (κ2) is 10.9. The molecule has 0 saturated carbocycles. The molecule has 1 aliphatic carbocycles. The van der Waals surface area contributed by atoms with Gasteiger partial charge in [0.05, 0.1) is 11.9 Å². The van der Waals surface area contributed by atoms with Gasteiger partial charge in [0.15, 0.2) is 0 Å². The SMILES string of the molecule is C=N/C=C\C(C(=O)O)=C(/C)NC[C@@H]1CCCc2cc(N(C)c3ccc(-n4ccnc4)cc3)ccc21. The first kappa shape index (κ1) is 24.0. The Bertz CT molecular complexity index is 1240. The Morgan fingerprint density at radius 1 is 1.29 bits per heavy atom. The van der Waals surface area contributed by atoms with Crippen molar-refractivity contribution in [3.05, 3.63) is 95.9 Å². The van der Waals surface area contributed by atoms with E-state index in [9.17, 15) is 9.90 Å². The quantitative estimate of drug-likeness (QED) is 0.255. The van der Waals surface area contributed by atoms with Crippen LogP contribution in [0.5, 0.6) is 0 Å². The lowest BCUT2D eigenvalue weighted by atomic mass is 9.82. The molecule has 1 aromatic heterocycles. The van der Waals surface area contributed by atoms with Gasteiger partial charge in [-0.3, -0.25) is 4.99 Å². The summed E-state index contributed by atoms with van der Waals surface area (Å²) in [6.07, 6.45) is 11.6. The minimum Gasteiger partial charge on any atom is -0.478 e. The number of nitrogens with one attached hydrogen (secondary N) is 1. The summed E-state index contributed by atoms with van der Waals surface area (Å²) in [4.78, 5) is 21.5. The minimum absolute atomic E-state index is 0.199. The van der Waals surface area contributed by atoms with Crippen LogP contribution in [0.2, 0.25) is 0 Å². The van der Waals surface area contributed by atoms with Gasteiger partial charge in [0.2, 0.25) is 0 Å². The van der Waals surface area contributed by atoms with Crippen molar-refractivity contribution in [3.63, 3.8) is 0 Å². The maximum atomic E-state index is 11.6. The second-order valence-corrected chi connectivity index (χ2v) is 8.74. The third kappa shape index (κ3) is 5.51. The molecule has 0 aliphatic heterocycles. The zero-order valence-electron chi connectivity index (χ0n) is 20.2. The van der Waals surface area contributed by atoms with Crippen LogP contribution in [0, 0.1) is 0 Å². The van der Waals surface area contributed by atoms with Crippen LogP contribution in [0.1, 0.15) is 36.8 Å². The van der Waals surface area contributed by atoms with Crippen LogP contribution in [-0.4, -0.2) is 40.9 Å². The van der Waals surface area contributed by atoms with Crippen molar-refractivity contribution in [2.75, 3.05) is 18.5 Å². The van der Waals surface area contributed by atoms with Crippen molar-refractivity contribution in [1.82, 2.24) is 14.9 Å². The summed E-state index contributed by atoms with van der Waals surface area (Å²) in [6, 6.07) is 15.1. The Balaban J connectivity index is 1.49. The van der Waals surface area contributed by atoms with E-state index in [0.717, 1.165) is 36.3 Å². The van der Waals surface area contributed by atoms with Crippen LogP contribution < -0.4 is 10.2 Å². The number of aromatic nitrogens is 2. The Morgan fingerprint density at radius 3 is 2.74 bits per heavy atom. The van der Waals surface area contributed by atoms with Crippen LogP contribution in [0.15, 0.2) is 89.7 Å². The Hall–Kier alpha value is -4.13. The molecule has 0 spiro atoms. The van der Waals surface area contributed by atoms with Crippen molar-refractivity contribution in [2.24, 2.45) is 4.99 Å². The van der Waals surface area contributed by atoms with E-state index in [0.29, 0.717) is 18.2 Å². The standard InChI is InChI=1S/C28H31N5O2/c1-20(26(28(34)35)13-14-29-2)31-18-22-6-4-5-21-17-25(11-12-27(21)22)32(3)23-7-9-24(10-8-23)33-16-15-30-19-33/h7-17,19,22,31H,2,4-6,18H2,1,3H3,(H,34,35)/b14-13-,26-20-/t22-/m0/s1. The predicted molar refractivity (Wildman–Crippen MR) is 141 cm³/mol. The largest absolute Gasteiger partial charge is 0.478 e. The number of imidazole rings is 1. The van der Waals surface area contributed by atoms with Gasteiger partial charge in [-0.2, -0.15) is 0 Å². The number of allylic oxidation sites excluding steroid dienone is 1. The number of hydrogen-bond acceptors (Lipinski definition) is 5. The number of anilines is 2. The molecule has 1 heterocycles. The summed E-state index contributed by atoms with van der Waals surface area (Å²) in [5, 5.41) is 12.8. The average Bonchev–Trinajstić information content (AvgIpc) is 3.42. The summed E-state index contributed by atoms with van der Waals surface area (Å²) in [5.74, 6) is -0.649. The van der Waals surface area contributed by atoms with Crippen molar-refractivity contribution in [1.29, 1.82) is 0 Å². The molecule has 0 amide bonds. The highest BCUT2D eigenvalue weighted by Crippen LogP contribution is 2.35. The van der Waals surface area contributed by atoms with E-state index in [1.165, 1.54) is 23.4 Å². The highest BCUT2D eigenvalue weighted by Gasteiger charge is 2.21. The first-order chi connectivity index (χ1) is 17.0. The lowest BCUT2D eigenvalue weighted by Gasteiger charge is -2.29. The molecule has 0 saturated heterocycles. The molecule has 0 radical (unpaired) electrons. The van der Waals surface area contributed by atoms with Crippen LogP contribution in [0.3, 0.4) is 0 Å². The summed E-state index contributed by atoms with van der Waals surface area (Å²) in [6.45, 7) is 5.85. The van der Waals surface area contributed by atoms with E-state index in [1.54, 1.807) is 19.4 Å². The van der Waals surface area contributed by atoms with Gasteiger partial charge < -0.3 is 19.9 Å². The van der Waals surface area contributed by atoms with Crippen LogP contribution in [0.4, 0.5) is 11.4 Å². The summed E-state index contributed by atoms with van der Waals surface area (Å²) >= 11 is 0. The number of rotatable bonds is 9. The monoisotopic (exact) mass is 469 g/mol. The molecule has 7 heteroatoms. The van der Waals surface area contributed by atoms with Crippen molar-refractivity contribution < 1.29 is 9.90 Å². The molecule has 35 heavy (non-hydrogen) atoms. The molecule has 2 N–H and O–H groups in total. The predicted octanol–water partition coefficient (Wildman–Crippen LogP) is 5.22. The molecular formula is C28H31N5O2.